The molecule has 0 radical (unpaired) electrons. The van der Waals surface area contributed by atoms with Crippen molar-refractivity contribution in [2.45, 2.75) is 96.7 Å². The lowest BCUT2D eigenvalue weighted by molar-refractivity contribution is 0.0684. The lowest BCUT2D eigenvalue weighted by atomic mass is 9.80. The van der Waals surface area contributed by atoms with Crippen LogP contribution in [0.1, 0.15) is 100 Å². The first-order chi connectivity index (χ1) is 19.0. The summed E-state index contributed by atoms with van der Waals surface area (Å²) >= 11 is 0. The Kier molecular flexibility index (Phi) is 7.45. The van der Waals surface area contributed by atoms with Crippen LogP contribution < -0.4 is 10.2 Å². The first-order valence-electron chi connectivity index (χ1n) is 15.1. The van der Waals surface area contributed by atoms with Crippen molar-refractivity contribution in [2.75, 3.05) is 16.8 Å². The molecule has 0 bridgehead atoms. The molecule has 2 saturated carbocycles. The number of carbonyl (C=O) groups is 1. The molecule has 0 unspecified atom stereocenters. The largest absolute Gasteiger partial charge is 0.475 e. The van der Waals surface area contributed by atoms with Gasteiger partial charge in [-0.3, -0.25) is 0 Å². The van der Waals surface area contributed by atoms with Gasteiger partial charge in [-0.05, 0) is 75.2 Å². The molecule has 8 nitrogen and oxygen atoms in total. The number of carboxylic acids is 1. The van der Waals surface area contributed by atoms with Crippen LogP contribution in [0.25, 0.3) is 11.2 Å². The van der Waals surface area contributed by atoms with Crippen molar-refractivity contribution >= 4 is 28.9 Å². The van der Waals surface area contributed by atoms with Crippen LogP contribution in [0.5, 0.6) is 0 Å². The van der Waals surface area contributed by atoms with E-state index in [2.05, 4.69) is 68.9 Å². The van der Waals surface area contributed by atoms with Gasteiger partial charge in [0, 0.05) is 19.1 Å². The number of carboxylic acid groups (broad SMARTS) is 1. The number of benzene rings is 1. The Morgan fingerprint density at radius 1 is 1.00 bits per heavy atom. The van der Waals surface area contributed by atoms with Gasteiger partial charge in [0.15, 0.2) is 11.5 Å². The maximum atomic E-state index is 12.1. The monoisotopic (exact) mass is 530 g/mol. The van der Waals surface area contributed by atoms with E-state index in [9.17, 15) is 9.90 Å². The zero-order valence-corrected chi connectivity index (χ0v) is 23.4. The van der Waals surface area contributed by atoms with Crippen LogP contribution in [0, 0.1) is 17.8 Å². The molecule has 3 aromatic rings. The van der Waals surface area contributed by atoms with E-state index in [0.717, 1.165) is 43.3 Å². The Labute approximate surface area is 231 Å². The molecule has 1 aromatic carbocycles. The minimum atomic E-state index is -1.12. The van der Waals surface area contributed by atoms with E-state index in [-0.39, 0.29) is 17.9 Å². The third-order valence-electron chi connectivity index (χ3n) is 9.52. The van der Waals surface area contributed by atoms with Crippen molar-refractivity contribution in [3.8, 4) is 0 Å². The van der Waals surface area contributed by atoms with Crippen LogP contribution in [0.3, 0.4) is 0 Å². The fourth-order valence-corrected chi connectivity index (χ4v) is 6.85. The second-order valence-electron chi connectivity index (χ2n) is 12.3. The van der Waals surface area contributed by atoms with Gasteiger partial charge in [0.2, 0.25) is 11.8 Å². The highest BCUT2D eigenvalue weighted by atomic mass is 16.4. The summed E-state index contributed by atoms with van der Waals surface area (Å²) in [5.74, 6) is 2.16. The van der Waals surface area contributed by atoms with E-state index < -0.39 is 5.97 Å². The molecule has 8 heteroatoms. The molecular weight excluding hydrogens is 488 g/mol. The molecular formula is C31H42N6O2. The first kappa shape index (κ1) is 26.1. The molecule has 2 aromatic heterocycles. The number of aromatic nitrogens is 4. The van der Waals surface area contributed by atoms with Crippen molar-refractivity contribution in [2.24, 2.45) is 17.8 Å². The van der Waals surface area contributed by atoms with Gasteiger partial charge in [-0.15, -0.1) is 0 Å². The number of aromatic carboxylic acids is 1. The Bertz CT molecular complexity index is 1300. The fraction of sp³-hybridized carbons (Fsp3) is 0.613. The predicted molar refractivity (Wildman–Crippen MR) is 154 cm³/mol. The third kappa shape index (κ3) is 5.35. The van der Waals surface area contributed by atoms with Crippen LogP contribution in [-0.2, 0) is 6.54 Å². The number of imidazole rings is 1. The predicted octanol–water partition coefficient (Wildman–Crippen LogP) is 6.68. The minimum absolute atomic E-state index is 0.188. The number of piperidine rings is 1. The first-order valence-corrected chi connectivity index (χ1v) is 15.1. The molecule has 39 heavy (non-hydrogen) atoms. The van der Waals surface area contributed by atoms with Crippen LogP contribution in [0.2, 0.25) is 0 Å². The highest BCUT2D eigenvalue weighted by Gasteiger charge is 2.33. The van der Waals surface area contributed by atoms with Crippen molar-refractivity contribution in [3.05, 3.63) is 41.7 Å². The summed E-state index contributed by atoms with van der Waals surface area (Å²) in [6.07, 6.45) is 12.0. The van der Waals surface area contributed by atoms with Gasteiger partial charge in [0.05, 0.1) is 6.04 Å². The molecule has 3 heterocycles. The quantitative estimate of drug-likeness (QED) is 0.335. The highest BCUT2D eigenvalue weighted by Crippen LogP contribution is 2.40. The smallest absolute Gasteiger partial charge is 0.374 e. The van der Waals surface area contributed by atoms with E-state index in [1.54, 1.807) is 0 Å². The highest BCUT2D eigenvalue weighted by molar-refractivity contribution is 5.91. The molecule has 3 fully saturated rings. The number of nitrogens with zero attached hydrogens (tertiary/aromatic N) is 5. The van der Waals surface area contributed by atoms with Crippen LogP contribution in [0.15, 0.2) is 30.3 Å². The summed E-state index contributed by atoms with van der Waals surface area (Å²) in [6, 6.07) is 11.2. The van der Waals surface area contributed by atoms with Crippen LogP contribution in [0.4, 0.5) is 11.8 Å². The molecule has 208 valence electrons. The molecule has 2 N–H and O–H groups in total. The summed E-state index contributed by atoms with van der Waals surface area (Å²) in [7, 11) is 0. The lowest BCUT2D eigenvalue weighted by Gasteiger charge is -2.38. The maximum Gasteiger partial charge on any atom is 0.374 e. The average Bonchev–Trinajstić information content (AvgIpc) is 3.27. The Balaban J connectivity index is 1.47. The molecule has 1 saturated heterocycles. The van der Waals surface area contributed by atoms with Crippen molar-refractivity contribution in [1.82, 2.24) is 19.5 Å². The van der Waals surface area contributed by atoms with Gasteiger partial charge in [-0.2, -0.15) is 4.98 Å². The van der Waals surface area contributed by atoms with E-state index >= 15 is 0 Å². The van der Waals surface area contributed by atoms with Gasteiger partial charge in [0.25, 0.3) is 0 Å². The van der Waals surface area contributed by atoms with Gasteiger partial charge < -0.3 is 19.9 Å². The second-order valence-corrected chi connectivity index (χ2v) is 12.3. The number of hydrogen-bond acceptors (Lipinski definition) is 6. The van der Waals surface area contributed by atoms with Crippen molar-refractivity contribution in [3.63, 3.8) is 0 Å². The average molecular weight is 531 g/mol. The standard InChI is InChI=1S/C31H42N6O2/c1-20-14-16-22(17-15-20)19-37-26-27(32-21(2)23-11-8-12-23)33-29(30(38)39)34-28(26)35-31(37)36-18-7-6-13-25(36)24-9-4-3-5-10-24/h3-5,9-10,20-23,25H,6-8,11-19H2,1-2H3,(H,38,39)(H,32,33,34)/t20?,21-,22?,25+/m1/s1. The number of fused-ring (bicyclic) bond motifs is 1. The van der Waals surface area contributed by atoms with E-state index in [4.69, 9.17) is 4.98 Å². The molecule has 1 aliphatic heterocycles. The Hall–Kier alpha value is -3.16. The lowest BCUT2D eigenvalue weighted by Crippen LogP contribution is -2.36. The summed E-state index contributed by atoms with van der Waals surface area (Å²) in [4.78, 5) is 28.7. The molecule has 0 spiro atoms. The molecule has 6 rings (SSSR count). The third-order valence-corrected chi connectivity index (χ3v) is 9.52. The zero-order valence-electron chi connectivity index (χ0n) is 23.4. The van der Waals surface area contributed by atoms with Crippen LogP contribution in [-0.4, -0.2) is 43.2 Å². The van der Waals surface area contributed by atoms with E-state index in [1.807, 2.05) is 0 Å². The van der Waals surface area contributed by atoms with Gasteiger partial charge in [0.1, 0.15) is 5.52 Å². The van der Waals surface area contributed by atoms with Crippen LogP contribution >= 0.6 is 0 Å². The topological polar surface area (TPSA) is 96.2 Å². The molecule has 2 aliphatic carbocycles. The summed E-state index contributed by atoms with van der Waals surface area (Å²) in [5.41, 5.74) is 2.65. The molecule has 2 atom stereocenters. The van der Waals surface area contributed by atoms with Gasteiger partial charge >= 0.3 is 5.97 Å². The Morgan fingerprint density at radius 3 is 2.46 bits per heavy atom. The Morgan fingerprint density at radius 2 is 1.77 bits per heavy atom. The fourth-order valence-electron chi connectivity index (χ4n) is 6.85. The van der Waals surface area contributed by atoms with Gasteiger partial charge in [-0.1, -0.05) is 56.5 Å². The summed E-state index contributed by atoms with van der Waals surface area (Å²) < 4.78 is 2.35. The molecule has 0 amide bonds. The summed E-state index contributed by atoms with van der Waals surface area (Å²) in [6.45, 7) is 6.33. The van der Waals surface area contributed by atoms with E-state index in [1.165, 1.54) is 56.9 Å². The number of hydrogen-bond donors (Lipinski definition) is 2. The summed E-state index contributed by atoms with van der Waals surface area (Å²) in [5, 5.41) is 13.5. The number of rotatable bonds is 8. The maximum absolute atomic E-state index is 12.1. The van der Waals surface area contributed by atoms with Gasteiger partial charge in [-0.25, -0.2) is 14.8 Å². The SMILES string of the molecule is CC1CCC(Cn2c(N3CCCC[C@H]3c3ccccc3)nc3nc(C(=O)O)nc(N[C@H](C)C4CCC4)c32)CC1. The number of nitrogens with one attached hydrogen (secondary N) is 1. The number of anilines is 2. The molecule has 3 aliphatic rings. The zero-order chi connectivity index (χ0) is 26.9. The normalized spacial score (nSPS) is 24.9. The van der Waals surface area contributed by atoms with E-state index in [0.29, 0.717) is 23.3 Å². The van der Waals surface area contributed by atoms with Crippen molar-refractivity contribution in [1.29, 1.82) is 0 Å². The van der Waals surface area contributed by atoms with Crippen molar-refractivity contribution < 1.29 is 9.90 Å². The second kappa shape index (κ2) is 11.1. The minimum Gasteiger partial charge on any atom is -0.475 e.